The van der Waals surface area contributed by atoms with Crippen LogP contribution in [0, 0.1) is 5.92 Å². The van der Waals surface area contributed by atoms with Gasteiger partial charge in [0.2, 0.25) is 11.8 Å². The number of amides is 2. The van der Waals surface area contributed by atoms with E-state index in [0.717, 1.165) is 0 Å². The smallest absolute Gasteiger partial charge is 0.277 e. The summed E-state index contributed by atoms with van der Waals surface area (Å²) in [6.07, 6.45) is 0.582. The molecule has 1 atom stereocenters. The summed E-state index contributed by atoms with van der Waals surface area (Å²) in [5.41, 5.74) is 4.85. The van der Waals surface area contributed by atoms with Crippen LogP contribution in [0.1, 0.15) is 12.8 Å². The van der Waals surface area contributed by atoms with E-state index in [9.17, 15) is 18.4 Å². The number of nitrogens with two attached hydrogens (primary N) is 1. The second-order valence-corrected chi connectivity index (χ2v) is 4.28. The summed E-state index contributed by atoms with van der Waals surface area (Å²) in [6.45, 7) is -1.10. The minimum absolute atomic E-state index is 0.0799. The molecule has 0 aliphatic carbocycles. The number of nitrogens with one attached hydrogen (secondary N) is 1. The molecule has 3 N–H and O–H groups in total. The zero-order chi connectivity index (χ0) is 13.1. The van der Waals surface area contributed by atoms with Gasteiger partial charge in [-0.3, -0.25) is 9.59 Å². The zero-order valence-electron chi connectivity index (χ0n) is 9.71. The van der Waals surface area contributed by atoms with E-state index < -0.39 is 30.8 Å². The molecular formula is C10H17F2N3O2. The van der Waals surface area contributed by atoms with Gasteiger partial charge in [-0.05, 0) is 6.42 Å². The van der Waals surface area contributed by atoms with Gasteiger partial charge in [0, 0.05) is 25.9 Å². The third-order valence-corrected chi connectivity index (χ3v) is 2.85. The molecule has 1 unspecified atom stereocenters. The van der Waals surface area contributed by atoms with Crippen molar-refractivity contribution in [3.8, 4) is 0 Å². The molecule has 1 saturated heterocycles. The van der Waals surface area contributed by atoms with Crippen LogP contribution < -0.4 is 11.1 Å². The first-order valence-corrected chi connectivity index (χ1v) is 5.45. The van der Waals surface area contributed by atoms with Gasteiger partial charge in [-0.25, -0.2) is 8.78 Å². The van der Waals surface area contributed by atoms with E-state index in [-0.39, 0.29) is 12.3 Å². The number of rotatable bonds is 4. The van der Waals surface area contributed by atoms with Crippen molar-refractivity contribution < 1.29 is 18.4 Å². The van der Waals surface area contributed by atoms with Crippen LogP contribution in [0.5, 0.6) is 0 Å². The van der Waals surface area contributed by atoms with Crippen LogP contribution in [0.15, 0.2) is 0 Å². The van der Waals surface area contributed by atoms with E-state index in [1.54, 1.807) is 7.05 Å². The van der Waals surface area contributed by atoms with Crippen molar-refractivity contribution in [1.29, 1.82) is 0 Å². The molecule has 5 nitrogen and oxygen atoms in total. The van der Waals surface area contributed by atoms with E-state index in [0.29, 0.717) is 13.0 Å². The predicted octanol–water partition coefficient (Wildman–Crippen LogP) is -0.435. The van der Waals surface area contributed by atoms with Gasteiger partial charge in [0.25, 0.3) is 5.92 Å². The van der Waals surface area contributed by atoms with Crippen molar-refractivity contribution in [2.24, 2.45) is 11.7 Å². The average molecular weight is 249 g/mol. The Morgan fingerprint density at radius 2 is 2.29 bits per heavy atom. The molecule has 2 amide bonds. The van der Waals surface area contributed by atoms with Crippen molar-refractivity contribution >= 4 is 11.8 Å². The van der Waals surface area contributed by atoms with Crippen molar-refractivity contribution in [3.63, 3.8) is 0 Å². The Labute approximate surface area is 98.3 Å². The number of carbonyl (C=O) groups is 2. The minimum Gasteiger partial charge on any atom is -0.350 e. The molecule has 0 aromatic carbocycles. The van der Waals surface area contributed by atoms with E-state index in [4.69, 9.17) is 5.73 Å². The predicted molar refractivity (Wildman–Crippen MR) is 57.4 cm³/mol. The van der Waals surface area contributed by atoms with Crippen LogP contribution in [0.25, 0.3) is 0 Å². The second kappa shape index (κ2) is 5.39. The Hall–Kier alpha value is -1.24. The first-order valence-electron chi connectivity index (χ1n) is 5.45. The highest BCUT2D eigenvalue weighted by Crippen LogP contribution is 2.18. The summed E-state index contributed by atoms with van der Waals surface area (Å²) in [7, 11) is 1.65. The highest BCUT2D eigenvalue weighted by atomic mass is 19.3. The zero-order valence-corrected chi connectivity index (χ0v) is 9.71. The molecular weight excluding hydrogens is 232 g/mol. The highest BCUT2D eigenvalue weighted by molar-refractivity contribution is 5.86. The van der Waals surface area contributed by atoms with Gasteiger partial charge in [-0.2, -0.15) is 0 Å². The molecule has 1 rings (SSSR count). The summed E-state index contributed by atoms with van der Waals surface area (Å²) >= 11 is 0. The van der Waals surface area contributed by atoms with Crippen molar-refractivity contribution in [3.05, 3.63) is 0 Å². The summed E-state index contributed by atoms with van der Waals surface area (Å²) in [5, 5.41) is 2.14. The number of nitrogens with zero attached hydrogens (tertiary/aromatic N) is 1. The molecule has 98 valence electrons. The topological polar surface area (TPSA) is 75.4 Å². The monoisotopic (exact) mass is 249 g/mol. The fourth-order valence-corrected chi connectivity index (χ4v) is 1.60. The first-order chi connectivity index (χ1) is 7.85. The number of alkyl halides is 2. The van der Waals surface area contributed by atoms with Gasteiger partial charge in [0.1, 0.15) is 0 Å². The summed E-state index contributed by atoms with van der Waals surface area (Å²) in [6, 6.07) is 0. The maximum Gasteiger partial charge on any atom is 0.277 e. The first kappa shape index (κ1) is 13.8. The number of piperidine rings is 1. The Morgan fingerprint density at radius 1 is 1.65 bits per heavy atom. The van der Waals surface area contributed by atoms with E-state index in [1.807, 2.05) is 0 Å². The van der Waals surface area contributed by atoms with Crippen LogP contribution in [-0.4, -0.2) is 49.3 Å². The molecule has 0 radical (unpaired) electrons. The molecule has 0 aromatic heterocycles. The Kier molecular flexibility index (Phi) is 4.39. The molecule has 7 heteroatoms. The maximum absolute atomic E-state index is 12.8. The molecule has 17 heavy (non-hydrogen) atoms. The third-order valence-electron chi connectivity index (χ3n) is 2.85. The van der Waals surface area contributed by atoms with Crippen LogP contribution in [0.4, 0.5) is 8.78 Å². The summed E-state index contributed by atoms with van der Waals surface area (Å²) in [5.74, 6) is -4.24. The molecule has 0 bridgehead atoms. The largest absolute Gasteiger partial charge is 0.350 e. The standard InChI is InChI=1S/C10H17F2N3O2/c1-15-3-2-7(4-8(15)16)9(17)14-6-10(11,12)5-13/h7H,2-6,13H2,1H3,(H,14,17). The van der Waals surface area contributed by atoms with E-state index in [1.165, 1.54) is 4.90 Å². The lowest BCUT2D eigenvalue weighted by molar-refractivity contribution is -0.139. The second-order valence-electron chi connectivity index (χ2n) is 4.28. The average Bonchev–Trinajstić information content (AvgIpc) is 2.30. The quantitative estimate of drug-likeness (QED) is 0.709. The lowest BCUT2D eigenvalue weighted by Crippen LogP contribution is -2.46. The van der Waals surface area contributed by atoms with Crippen LogP contribution >= 0.6 is 0 Å². The minimum atomic E-state index is -3.09. The lowest BCUT2D eigenvalue weighted by Gasteiger charge is -2.28. The molecule has 0 saturated carbocycles. The van der Waals surface area contributed by atoms with E-state index in [2.05, 4.69) is 5.32 Å². The molecule has 1 aliphatic heterocycles. The van der Waals surface area contributed by atoms with Gasteiger partial charge in [0.15, 0.2) is 0 Å². The van der Waals surface area contributed by atoms with Crippen LogP contribution in [0.2, 0.25) is 0 Å². The maximum atomic E-state index is 12.8. The third kappa shape index (κ3) is 3.92. The normalized spacial score (nSPS) is 21.5. The van der Waals surface area contributed by atoms with Crippen LogP contribution in [0.3, 0.4) is 0 Å². The van der Waals surface area contributed by atoms with Gasteiger partial charge in [-0.15, -0.1) is 0 Å². The number of hydrogen-bond donors (Lipinski definition) is 2. The summed E-state index contributed by atoms with van der Waals surface area (Å²) in [4.78, 5) is 24.4. The van der Waals surface area contributed by atoms with Crippen molar-refractivity contribution in [2.45, 2.75) is 18.8 Å². The number of carbonyl (C=O) groups excluding carboxylic acids is 2. The Balaban J connectivity index is 2.41. The van der Waals surface area contributed by atoms with Crippen LogP contribution in [-0.2, 0) is 9.59 Å². The van der Waals surface area contributed by atoms with Gasteiger partial charge >= 0.3 is 0 Å². The molecule has 0 aromatic rings. The Morgan fingerprint density at radius 3 is 2.82 bits per heavy atom. The fourth-order valence-electron chi connectivity index (χ4n) is 1.60. The fraction of sp³-hybridized carbons (Fsp3) is 0.800. The Bertz CT molecular complexity index is 310. The van der Waals surface area contributed by atoms with Gasteiger partial charge in [-0.1, -0.05) is 0 Å². The SMILES string of the molecule is CN1CCC(C(=O)NCC(F)(F)CN)CC1=O. The molecule has 1 heterocycles. The highest BCUT2D eigenvalue weighted by Gasteiger charge is 2.32. The van der Waals surface area contributed by atoms with Gasteiger partial charge < -0.3 is 16.0 Å². The summed E-state index contributed by atoms with van der Waals surface area (Å²) < 4.78 is 25.6. The lowest BCUT2D eigenvalue weighted by atomic mass is 9.95. The molecule has 1 fully saturated rings. The molecule has 1 aliphatic rings. The van der Waals surface area contributed by atoms with E-state index >= 15 is 0 Å². The number of likely N-dealkylation sites (tertiary alicyclic amines) is 1. The number of halogens is 2. The number of hydrogen-bond acceptors (Lipinski definition) is 3. The van der Waals surface area contributed by atoms with Crippen molar-refractivity contribution in [1.82, 2.24) is 10.2 Å². The van der Waals surface area contributed by atoms with Gasteiger partial charge in [0.05, 0.1) is 13.1 Å². The molecule has 0 spiro atoms. The van der Waals surface area contributed by atoms with Crippen molar-refractivity contribution in [2.75, 3.05) is 26.7 Å².